The molecule has 8 heteroatoms. The Bertz CT molecular complexity index is 612. The van der Waals surface area contributed by atoms with Crippen molar-refractivity contribution in [1.82, 2.24) is 4.72 Å². The highest BCUT2D eigenvalue weighted by molar-refractivity contribution is 7.89. The molecule has 0 radical (unpaired) electrons. The van der Waals surface area contributed by atoms with E-state index in [1.165, 1.54) is 13.0 Å². The molecule has 1 aromatic rings. The van der Waals surface area contributed by atoms with E-state index in [1.54, 1.807) is 0 Å². The number of halogens is 1. The largest absolute Gasteiger partial charge is 0.399 e. The number of aryl methyl sites for hydroxylation is 1. The number of hydrogen-bond acceptors (Lipinski definition) is 5. The van der Waals surface area contributed by atoms with Crippen LogP contribution in [0.25, 0.3) is 0 Å². The second kappa shape index (κ2) is 5.28. The average Bonchev–Trinajstić information content (AvgIpc) is 2.79. The molecule has 1 unspecified atom stereocenters. The average molecular weight is 304 g/mol. The molecule has 0 bridgehead atoms. The lowest BCUT2D eigenvalue weighted by Crippen LogP contribution is -2.43. The number of nitrogens with one attached hydrogen (secondary N) is 1. The molecule has 2 rings (SSSR count). The molecule has 112 valence electrons. The zero-order valence-corrected chi connectivity index (χ0v) is 11.8. The third kappa shape index (κ3) is 3.09. The van der Waals surface area contributed by atoms with Gasteiger partial charge in [0.25, 0.3) is 0 Å². The van der Waals surface area contributed by atoms with E-state index in [2.05, 4.69) is 4.72 Å². The first-order valence-electron chi connectivity index (χ1n) is 6.09. The summed E-state index contributed by atoms with van der Waals surface area (Å²) < 4.78 is 45.3. The molecule has 1 aliphatic rings. The Balaban J connectivity index is 2.22. The van der Waals surface area contributed by atoms with Gasteiger partial charge in [-0.15, -0.1) is 0 Å². The molecule has 0 aliphatic carbocycles. The number of sulfonamides is 1. The highest BCUT2D eigenvalue weighted by Crippen LogP contribution is 2.23. The Morgan fingerprint density at radius 3 is 2.85 bits per heavy atom. The molecule has 0 aromatic heterocycles. The quantitative estimate of drug-likeness (QED) is 0.687. The van der Waals surface area contributed by atoms with E-state index in [1.807, 2.05) is 0 Å². The Labute approximate surface area is 116 Å². The van der Waals surface area contributed by atoms with Gasteiger partial charge in [0.05, 0.1) is 6.61 Å². The summed E-state index contributed by atoms with van der Waals surface area (Å²) in [6, 6.07) is 2.41. The number of ether oxygens (including phenoxy) is 1. The molecule has 1 atom stereocenters. The fourth-order valence-electron chi connectivity index (χ4n) is 2.00. The van der Waals surface area contributed by atoms with Crippen molar-refractivity contribution in [2.75, 3.05) is 25.5 Å². The molecule has 1 heterocycles. The summed E-state index contributed by atoms with van der Waals surface area (Å²) in [7, 11) is -4.08. The SMILES string of the molecule is Cc1cc(N)cc(S(=O)(=O)NCC2(O)CCOC2)c1F. The van der Waals surface area contributed by atoms with Crippen molar-refractivity contribution in [2.24, 2.45) is 0 Å². The van der Waals surface area contributed by atoms with Crippen molar-refractivity contribution in [1.29, 1.82) is 0 Å². The van der Waals surface area contributed by atoms with Gasteiger partial charge in [-0.05, 0) is 24.6 Å². The van der Waals surface area contributed by atoms with Gasteiger partial charge in [-0.2, -0.15) is 0 Å². The lowest BCUT2D eigenvalue weighted by molar-refractivity contribution is 0.0314. The maximum atomic E-state index is 13.9. The molecule has 1 aromatic carbocycles. The standard InChI is InChI=1S/C12H17FN2O4S/c1-8-4-9(14)5-10(11(8)13)20(17,18)15-6-12(16)2-3-19-7-12/h4-5,15-16H,2-3,6-7,14H2,1H3. The van der Waals surface area contributed by atoms with Crippen molar-refractivity contribution >= 4 is 15.7 Å². The van der Waals surface area contributed by atoms with E-state index >= 15 is 0 Å². The molecule has 1 aliphatic heterocycles. The highest BCUT2D eigenvalue weighted by Gasteiger charge is 2.34. The summed E-state index contributed by atoms with van der Waals surface area (Å²) in [6.45, 7) is 1.61. The number of nitrogen functional groups attached to an aromatic ring is 1. The minimum atomic E-state index is -4.08. The van der Waals surface area contributed by atoms with Gasteiger partial charge in [-0.1, -0.05) is 0 Å². The number of rotatable bonds is 4. The van der Waals surface area contributed by atoms with Crippen molar-refractivity contribution in [3.8, 4) is 0 Å². The summed E-state index contributed by atoms with van der Waals surface area (Å²) in [5.41, 5.74) is 4.60. The second-order valence-corrected chi connectivity index (χ2v) is 6.74. The molecule has 1 saturated heterocycles. The molecular weight excluding hydrogens is 287 g/mol. The Kier molecular flexibility index (Phi) is 4.01. The molecule has 0 spiro atoms. The van der Waals surface area contributed by atoms with Crippen molar-refractivity contribution in [3.05, 3.63) is 23.5 Å². The maximum absolute atomic E-state index is 13.9. The van der Waals surface area contributed by atoms with E-state index in [4.69, 9.17) is 10.5 Å². The fraction of sp³-hybridized carbons (Fsp3) is 0.500. The van der Waals surface area contributed by atoms with E-state index in [-0.39, 0.29) is 24.4 Å². The summed E-state index contributed by atoms with van der Waals surface area (Å²) in [4.78, 5) is -0.516. The predicted molar refractivity (Wildman–Crippen MR) is 71.1 cm³/mol. The van der Waals surface area contributed by atoms with Crippen LogP contribution in [0, 0.1) is 12.7 Å². The maximum Gasteiger partial charge on any atom is 0.243 e. The minimum Gasteiger partial charge on any atom is -0.399 e. The Morgan fingerprint density at radius 1 is 1.55 bits per heavy atom. The molecule has 20 heavy (non-hydrogen) atoms. The van der Waals surface area contributed by atoms with Gasteiger partial charge < -0.3 is 15.6 Å². The summed E-state index contributed by atoms with van der Waals surface area (Å²) in [6.07, 6.45) is 0.327. The first kappa shape index (κ1) is 15.2. The van der Waals surface area contributed by atoms with E-state index < -0.39 is 26.3 Å². The van der Waals surface area contributed by atoms with E-state index in [0.29, 0.717) is 13.0 Å². The van der Waals surface area contributed by atoms with Crippen molar-refractivity contribution in [2.45, 2.75) is 23.8 Å². The van der Waals surface area contributed by atoms with Crippen LogP contribution in [0.15, 0.2) is 17.0 Å². The molecule has 0 saturated carbocycles. The molecule has 6 nitrogen and oxygen atoms in total. The van der Waals surface area contributed by atoms with Crippen LogP contribution in [0.3, 0.4) is 0 Å². The van der Waals surface area contributed by atoms with Crippen LogP contribution in [0.2, 0.25) is 0 Å². The number of aliphatic hydroxyl groups is 1. The number of nitrogens with two attached hydrogens (primary N) is 1. The first-order valence-corrected chi connectivity index (χ1v) is 7.57. The van der Waals surface area contributed by atoms with E-state index in [0.717, 1.165) is 6.07 Å². The summed E-state index contributed by atoms with van der Waals surface area (Å²) in [5, 5.41) is 10.0. The van der Waals surface area contributed by atoms with Crippen LogP contribution in [-0.4, -0.2) is 38.9 Å². The summed E-state index contributed by atoms with van der Waals surface area (Å²) >= 11 is 0. The lowest BCUT2D eigenvalue weighted by Gasteiger charge is -2.20. The van der Waals surface area contributed by atoms with Crippen LogP contribution in [0.4, 0.5) is 10.1 Å². The van der Waals surface area contributed by atoms with Crippen molar-refractivity contribution in [3.63, 3.8) is 0 Å². The molecule has 1 fully saturated rings. The van der Waals surface area contributed by atoms with Gasteiger partial charge in [-0.25, -0.2) is 17.5 Å². The smallest absolute Gasteiger partial charge is 0.243 e. The van der Waals surface area contributed by atoms with Crippen molar-refractivity contribution < 1.29 is 22.7 Å². The molecule has 4 N–H and O–H groups in total. The zero-order valence-electron chi connectivity index (χ0n) is 11.0. The van der Waals surface area contributed by atoms with Gasteiger partial charge in [0.1, 0.15) is 16.3 Å². The van der Waals surface area contributed by atoms with Gasteiger partial charge in [0.15, 0.2) is 0 Å². The van der Waals surface area contributed by atoms with Gasteiger partial charge in [0.2, 0.25) is 10.0 Å². The number of benzene rings is 1. The first-order chi connectivity index (χ1) is 9.23. The summed E-state index contributed by atoms with van der Waals surface area (Å²) in [5.74, 6) is -0.846. The Hall–Kier alpha value is -1.22. The number of anilines is 1. The third-order valence-corrected chi connectivity index (χ3v) is 4.61. The van der Waals surface area contributed by atoms with Crippen LogP contribution in [0.1, 0.15) is 12.0 Å². The second-order valence-electron chi connectivity index (χ2n) is 5.00. The molecular formula is C12H17FN2O4S. The normalized spacial score (nSPS) is 23.1. The van der Waals surface area contributed by atoms with Crippen LogP contribution in [-0.2, 0) is 14.8 Å². The fourth-order valence-corrected chi connectivity index (χ4v) is 3.30. The number of hydrogen-bond donors (Lipinski definition) is 3. The lowest BCUT2D eigenvalue weighted by atomic mass is 10.1. The monoisotopic (exact) mass is 304 g/mol. The molecule has 0 amide bonds. The zero-order chi connectivity index (χ0) is 15.0. The van der Waals surface area contributed by atoms with Crippen LogP contribution < -0.4 is 10.5 Å². The van der Waals surface area contributed by atoms with Crippen LogP contribution in [0.5, 0.6) is 0 Å². The van der Waals surface area contributed by atoms with Gasteiger partial charge >= 0.3 is 0 Å². The van der Waals surface area contributed by atoms with Crippen LogP contribution >= 0.6 is 0 Å². The highest BCUT2D eigenvalue weighted by atomic mass is 32.2. The topological polar surface area (TPSA) is 102 Å². The Morgan fingerprint density at radius 2 is 2.25 bits per heavy atom. The van der Waals surface area contributed by atoms with Gasteiger partial charge in [0, 0.05) is 25.3 Å². The van der Waals surface area contributed by atoms with E-state index in [9.17, 15) is 17.9 Å². The minimum absolute atomic E-state index is 0.0496. The third-order valence-electron chi connectivity index (χ3n) is 3.21. The predicted octanol–water partition coefficient (Wildman–Crippen LogP) is 0.146. The van der Waals surface area contributed by atoms with Gasteiger partial charge in [-0.3, -0.25) is 0 Å².